The Morgan fingerprint density at radius 3 is 2.68 bits per heavy atom. The highest BCUT2D eigenvalue weighted by Crippen LogP contribution is 2.58. The van der Waals surface area contributed by atoms with Gasteiger partial charge in [0.15, 0.2) is 5.78 Å². The van der Waals surface area contributed by atoms with Gasteiger partial charge in [-0.05, 0) is 30.5 Å². The van der Waals surface area contributed by atoms with Crippen LogP contribution < -0.4 is 11.3 Å². The predicted molar refractivity (Wildman–Crippen MR) is 126 cm³/mol. The first-order chi connectivity index (χ1) is 16.2. The lowest BCUT2D eigenvalue weighted by Crippen LogP contribution is -2.45. The lowest BCUT2D eigenvalue weighted by atomic mass is 9.62. The highest BCUT2D eigenvalue weighted by atomic mass is 16.5. The maximum atomic E-state index is 13.8. The van der Waals surface area contributed by atoms with E-state index < -0.39 is 5.41 Å². The van der Waals surface area contributed by atoms with Gasteiger partial charge in [0.1, 0.15) is 28.6 Å². The second-order valence-electron chi connectivity index (χ2n) is 10.1. The van der Waals surface area contributed by atoms with Crippen LogP contribution in [0.3, 0.4) is 0 Å². The number of carbonyl (C=O) groups excluding carboxylic acids is 1. The molecule has 3 aromatic rings. The average Bonchev–Trinajstić information content (AvgIpc) is 3.03. The first-order valence-electron chi connectivity index (χ1n) is 11.2. The number of aromatic nitrogens is 2. The van der Waals surface area contributed by atoms with Gasteiger partial charge < -0.3 is 10.5 Å². The van der Waals surface area contributed by atoms with Gasteiger partial charge in [0.05, 0.1) is 22.2 Å². The minimum atomic E-state index is -1.41. The zero-order valence-electron chi connectivity index (χ0n) is 19.1. The molecule has 2 aliphatic heterocycles. The first-order valence-corrected chi connectivity index (χ1v) is 11.2. The van der Waals surface area contributed by atoms with Gasteiger partial charge in [0, 0.05) is 18.4 Å². The van der Waals surface area contributed by atoms with Gasteiger partial charge in [-0.15, -0.1) is 0 Å². The number of hydrogen-bond acceptors (Lipinski definition) is 6. The quantitative estimate of drug-likeness (QED) is 0.560. The van der Waals surface area contributed by atoms with Gasteiger partial charge in [-0.3, -0.25) is 14.2 Å². The van der Waals surface area contributed by atoms with Crippen molar-refractivity contribution in [1.82, 2.24) is 9.55 Å². The maximum absolute atomic E-state index is 13.8. The standard InChI is InChI=1S/C27H22N4O3/c1-14-8-9-19-16(10-14)27(25-30-18-7-5-4-6-15(18)24(33)31(19)25)17(13-28)23(29)34-21-12-26(2,3)11-20(32)22(21)27/h4-10H,11-12,29H2,1-3H3. The fourth-order valence-corrected chi connectivity index (χ4v) is 5.77. The van der Waals surface area contributed by atoms with Crippen molar-refractivity contribution >= 4 is 16.7 Å². The number of Topliss-reactive ketones (excluding diaryl/α,β-unsaturated/α-hetero) is 1. The van der Waals surface area contributed by atoms with Gasteiger partial charge in [-0.1, -0.05) is 43.7 Å². The highest BCUT2D eigenvalue weighted by Gasteiger charge is 2.60. The average molecular weight is 450 g/mol. The van der Waals surface area contributed by atoms with Crippen LogP contribution in [0.2, 0.25) is 0 Å². The molecule has 1 aromatic heterocycles. The van der Waals surface area contributed by atoms with Crippen LogP contribution in [0.15, 0.2) is 70.0 Å². The smallest absolute Gasteiger partial charge is 0.266 e. The molecule has 3 aliphatic rings. The molecular weight excluding hydrogens is 428 g/mol. The van der Waals surface area contributed by atoms with E-state index in [2.05, 4.69) is 6.07 Å². The summed E-state index contributed by atoms with van der Waals surface area (Å²) < 4.78 is 7.48. The van der Waals surface area contributed by atoms with Gasteiger partial charge in [-0.25, -0.2) is 4.98 Å². The van der Waals surface area contributed by atoms with Crippen molar-refractivity contribution in [2.24, 2.45) is 11.1 Å². The van der Waals surface area contributed by atoms with Crippen molar-refractivity contribution < 1.29 is 9.53 Å². The zero-order chi connectivity index (χ0) is 24.0. The van der Waals surface area contributed by atoms with Gasteiger partial charge in [0.25, 0.3) is 5.56 Å². The molecule has 2 N–H and O–H groups in total. The number of benzene rings is 2. The van der Waals surface area contributed by atoms with Crippen LogP contribution in [0.1, 0.15) is 43.6 Å². The topological polar surface area (TPSA) is 111 Å². The van der Waals surface area contributed by atoms with E-state index in [9.17, 15) is 14.9 Å². The number of hydrogen-bond donors (Lipinski definition) is 1. The van der Waals surface area contributed by atoms with Crippen LogP contribution in [-0.4, -0.2) is 15.3 Å². The number of nitrogens with two attached hydrogens (primary N) is 1. The summed E-state index contributed by atoms with van der Waals surface area (Å²) in [5, 5.41) is 10.8. The molecule has 1 aliphatic carbocycles. The molecule has 3 heterocycles. The van der Waals surface area contributed by atoms with Gasteiger partial charge in [0.2, 0.25) is 5.88 Å². The summed E-state index contributed by atoms with van der Waals surface area (Å²) in [5.74, 6) is 0.561. The normalized spacial score (nSPS) is 22.4. The third kappa shape index (κ3) is 2.37. The predicted octanol–water partition coefficient (Wildman–Crippen LogP) is 3.66. The van der Waals surface area contributed by atoms with Crippen LogP contribution in [0.4, 0.5) is 0 Å². The lowest BCUT2D eigenvalue weighted by Gasteiger charge is -2.42. The molecule has 0 amide bonds. The largest absolute Gasteiger partial charge is 0.444 e. The van der Waals surface area contributed by atoms with Crippen LogP contribution in [0.5, 0.6) is 0 Å². The van der Waals surface area contributed by atoms with E-state index in [0.717, 1.165) is 5.56 Å². The van der Waals surface area contributed by atoms with E-state index in [-0.39, 0.29) is 34.6 Å². The number of rotatable bonds is 0. The molecule has 2 aromatic carbocycles. The van der Waals surface area contributed by atoms with E-state index >= 15 is 0 Å². The van der Waals surface area contributed by atoms with Crippen LogP contribution in [0, 0.1) is 23.7 Å². The molecule has 0 saturated carbocycles. The van der Waals surface area contributed by atoms with Crippen molar-refractivity contribution in [3.63, 3.8) is 0 Å². The van der Waals surface area contributed by atoms with Crippen molar-refractivity contribution in [3.05, 3.63) is 92.6 Å². The molecule has 0 saturated heterocycles. The van der Waals surface area contributed by atoms with Crippen LogP contribution in [0.25, 0.3) is 16.6 Å². The molecule has 6 rings (SSSR count). The SMILES string of the molecule is Cc1ccc2c(c1)C1(C(C#N)=C(N)OC3=C1C(=O)CC(C)(C)C3)c1nc3ccccc3c(=O)n1-2. The number of ketones is 1. The molecule has 34 heavy (non-hydrogen) atoms. The summed E-state index contributed by atoms with van der Waals surface area (Å²) in [6.07, 6.45) is 0.767. The summed E-state index contributed by atoms with van der Waals surface area (Å²) in [6.45, 7) is 5.94. The summed E-state index contributed by atoms with van der Waals surface area (Å²) in [5.41, 5.74) is 7.48. The lowest BCUT2D eigenvalue weighted by molar-refractivity contribution is -0.119. The monoisotopic (exact) mass is 450 g/mol. The number of nitrogens with zero attached hydrogens (tertiary/aromatic N) is 3. The Morgan fingerprint density at radius 2 is 1.91 bits per heavy atom. The Kier molecular flexibility index (Phi) is 3.87. The van der Waals surface area contributed by atoms with Crippen LogP contribution in [-0.2, 0) is 14.9 Å². The van der Waals surface area contributed by atoms with Crippen molar-refractivity contribution in [3.8, 4) is 11.8 Å². The third-order valence-electron chi connectivity index (χ3n) is 7.09. The molecule has 1 spiro atoms. The minimum absolute atomic E-state index is 0.0601. The van der Waals surface area contributed by atoms with Crippen LogP contribution >= 0.6 is 0 Å². The number of aryl methyl sites for hydroxylation is 1. The fraction of sp³-hybridized carbons (Fsp3) is 0.259. The van der Waals surface area contributed by atoms with Gasteiger partial charge >= 0.3 is 0 Å². The van der Waals surface area contributed by atoms with E-state index in [1.54, 1.807) is 18.2 Å². The number of allylic oxidation sites excluding steroid dienone is 3. The van der Waals surface area contributed by atoms with Crippen molar-refractivity contribution in [2.45, 2.75) is 39.0 Å². The van der Waals surface area contributed by atoms with E-state index in [1.807, 2.05) is 45.0 Å². The Bertz CT molecular complexity index is 1630. The Hall–Kier alpha value is -4.18. The summed E-state index contributed by atoms with van der Waals surface area (Å²) in [7, 11) is 0. The Labute approximate surface area is 195 Å². The molecule has 1 unspecified atom stereocenters. The number of fused-ring (bicyclic) bond motifs is 7. The number of nitriles is 1. The second kappa shape index (κ2) is 6.45. The van der Waals surface area contributed by atoms with E-state index in [0.29, 0.717) is 45.7 Å². The molecule has 0 fully saturated rings. The second-order valence-corrected chi connectivity index (χ2v) is 10.1. The van der Waals surface area contributed by atoms with E-state index in [4.69, 9.17) is 15.5 Å². The summed E-state index contributed by atoms with van der Waals surface area (Å²) in [4.78, 5) is 32.5. The Morgan fingerprint density at radius 1 is 1.15 bits per heavy atom. The minimum Gasteiger partial charge on any atom is -0.444 e. The summed E-state index contributed by atoms with van der Waals surface area (Å²) >= 11 is 0. The third-order valence-corrected chi connectivity index (χ3v) is 7.09. The first kappa shape index (κ1) is 20.4. The van der Waals surface area contributed by atoms with E-state index in [1.165, 1.54) is 4.57 Å². The van der Waals surface area contributed by atoms with Crippen molar-refractivity contribution in [1.29, 1.82) is 5.26 Å². The Balaban J connectivity index is 1.86. The van der Waals surface area contributed by atoms with Gasteiger partial charge in [-0.2, -0.15) is 5.26 Å². The zero-order valence-corrected chi connectivity index (χ0v) is 19.1. The summed E-state index contributed by atoms with van der Waals surface area (Å²) in [6, 6.07) is 15.0. The molecule has 1 atom stereocenters. The molecule has 0 radical (unpaired) electrons. The molecule has 168 valence electrons. The maximum Gasteiger partial charge on any atom is 0.266 e. The number of carbonyl (C=O) groups is 1. The molecule has 7 heteroatoms. The molecular formula is C27H22N4O3. The molecule has 7 nitrogen and oxygen atoms in total. The molecule has 0 bridgehead atoms. The number of ether oxygens (including phenoxy) is 1. The van der Waals surface area contributed by atoms with Crippen molar-refractivity contribution in [2.75, 3.05) is 0 Å². The number of para-hydroxylation sites is 1. The fourth-order valence-electron chi connectivity index (χ4n) is 5.77. The highest BCUT2D eigenvalue weighted by molar-refractivity contribution is 6.03.